The molecule has 1 rings (SSSR count). The molecule has 3 heteroatoms. The summed E-state index contributed by atoms with van der Waals surface area (Å²) in [5.41, 5.74) is 0. The van der Waals surface area contributed by atoms with E-state index in [1.807, 2.05) is 9.80 Å². The van der Waals surface area contributed by atoms with Gasteiger partial charge in [0.15, 0.2) is 0 Å². The highest BCUT2D eigenvalue weighted by Crippen LogP contribution is 2.14. The summed E-state index contributed by atoms with van der Waals surface area (Å²) in [5, 5.41) is 0. The Hall–Kier alpha value is -0.730. The maximum absolute atomic E-state index is 12.2. The Morgan fingerprint density at radius 1 is 1.00 bits per heavy atom. The number of piperidine rings is 1. The van der Waals surface area contributed by atoms with Gasteiger partial charge in [0.2, 0.25) is 0 Å². The minimum absolute atomic E-state index is 0.222. The lowest BCUT2D eigenvalue weighted by molar-refractivity contribution is 0.117. The van der Waals surface area contributed by atoms with Crippen LogP contribution < -0.4 is 0 Å². The maximum Gasteiger partial charge on any atom is 0.320 e. The van der Waals surface area contributed by atoms with Crippen molar-refractivity contribution in [2.45, 2.75) is 59.0 Å². The predicted molar refractivity (Wildman–Crippen MR) is 62.9 cm³/mol. The topological polar surface area (TPSA) is 23.6 Å². The van der Waals surface area contributed by atoms with E-state index in [2.05, 4.69) is 27.7 Å². The van der Waals surface area contributed by atoms with E-state index in [9.17, 15) is 4.79 Å². The van der Waals surface area contributed by atoms with E-state index < -0.39 is 0 Å². The third kappa shape index (κ3) is 3.11. The molecule has 0 unspecified atom stereocenters. The Morgan fingerprint density at radius 3 is 1.87 bits per heavy atom. The van der Waals surface area contributed by atoms with Crippen LogP contribution in [0.2, 0.25) is 0 Å². The van der Waals surface area contributed by atoms with Gasteiger partial charge in [0.25, 0.3) is 0 Å². The number of carbonyl (C=O) groups is 1. The zero-order valence-electron chi connectivity index (χ0n) is 10.5. The van der Waals surface area contributed by atoms with E-state index in [-0.39, 0.29) is 6.03 Å². The summed E-state index contributed by atoms with van der Waals surface area (Å²) in [6.45, 7) is 10.2. The molecular formula is C12H24N2O. The van der Waals surface area contributed by atoms with Gasteiger partial charge in [-0.2, -0.15) is 0 Å². The molecule has 0 N–H and O–H groups in total. The first kappa shape index (κ1) is 12.3. The fraction of sp³-hybridized carbons (Fsp3) is 0.917. The Labute approximate surface area is 93.4 Å². The number of hydrogen-bond acceptors (Lipinski definition) is 1. The minimum atomic E-state index is 0.222. The van der Waals surface area contributed by atoms with Crippen LogP contribution in [0.5, 0.6) is 0 Å². The second-order valence-corrected chi connectivity index (χ2v) is 4.93. The Kier molecular flexibility index (Phi) is 4.43. The quantitative estimate of drug-likeness (QED) is 0.690. The molecule has 0 spiro atoms. The molecule has 15 heavy (non-hydrogen) atoms. The van der Waals surface area contributed by atoms with E-state index in [1.54, 1.807) is 0 Å². The first-order valence-electron chi connectivity index (χ1n) is 6.11. The van der Waals surface area contributed by atoms with Gasteiger partial charge >= 0.3 is 6.03 Å². The molecule has 1 heterocycles. The van der Waals surface area contributed by atoms with Crippen molar-refractivity contribution in [3.8, 4) is 0 Å². The predicted octanol–water partition coefficient (Wildman–Crippen LogP) is 2.71. The third-order valence-electron chi connectivity index (χ3n) is 2.96. The van der Waals surface area contributed by atoms with Crippen molar-refractivity contribution >= 4 is 6.03 Å². The first-order chi connectivity index (χ1) is 7.04. The van der Waals surface area contributed by atoms with Crippen molar-refractivity contribution in [3.05, 3.63) is 0 Å². The normalized spacial score (nSPS) is 17.3. The van der Waals surface area contributed by atoms with Crippen LogP contribution >= 0.6 is 0 Å². The van der Waals surface area contributed by atoms with Crippen LogP contribution in [0.4, 0.5) is 4.79 Å². The largest absolute Gasteiger partial charge is 0.325 e. The Balaban J connectivity index is 2.62. The average molecular weight is 212 g/mol. The second kappa shape index (κ2) is 5.38. The first-order valence-corrected chi connectivity index (χ1v) is 6.11. The van der Waals surface area contributed by atoms with Gasteiger partial charge in [-0.1, -0.05) is 0 Å². The molecule has 0 atom stereocenters. The summed E-state index contributed by atoms with van der Waals surface area (Å²) in [6, 6.07) is 0.804. The van der Waals surface area contributed by atoms with Gasteiger partial charge < -0.3 is 9.80 Å². The zero-order chi connectivity index (χ0) is 11.4. The van der Waals surface area contributed by atoms with Crippen LogP contribution in [0, 0.1) is 0 Å². The standard InChI is InChI=1S/C12H24N2O/c1-10(2)14(11(3)4)12(15)13-8-6-5-7-9-13/h10-11H,5-9H2,1-4H3. The Bertz CT molecular complexity index is 200. The highest BCUT2D eigenvalue weighted by Gasteiger charge is 2.26. The van der Waals surface area contributed by atoms with Crippen LogP contribution in [0.1, 0.15) is 47.0 Å². The lowest BCUT2D eigenvalue weighted by Gasteiger charge is -2.37. The van der Waals surface area contributed by atoms with Gasteiger partial charge in [-0.15, -0.1) is 0 Å². The SMILES string of the molecule is CC(C)N(C(=O)N1CCCCC1)C(C)C. The highest BCUT2D eigenvalue weighted by atomic mass is 16.2. The van der Waals surface area contributed by atoms with E-state index >= 15 is 0 Å². The summed E-state index contributed by atoms with van der Waals surface area (Å²) in [5.74, 6) is 0. The molecule has 3 nitrogen and oxygen atoms in total. The number of likely N-dealkylation sites (tertiary alicyclic amines) is 1. The van der Waals surface area contributed by atoms with Crippen molar-refractivity contribution < 1.29 is 4.79 Å². The van der Waals surface area contributed by atoms with Crippen molar-refractivity contribution in [2.24, 2.45) is 0 Å². The van der Waals surface area contributed by atoms with E-state index in [0.717, 1.165) is 25.9 Å². The molecule has 88 valence electrons. The Morgan fingerprint density at radius 2 is 1.47 bits per heavy atom. The smallest absolute Gasteiger partial charge is 0.320 e. The molecule has 1 aliphatic rings. The van der Waals surface area contributed by atoms with Crippen LogP contribution in [0.15, 0.2) is 0 Å². The van der Waals surface area contributed by atoms with Gasteiger partial charge in [-0.05, 0) is 47.0 Å². The monoisotopic (exact) mass is 212 g/mol. The molecule has 0 bridgehead atoms. The van der Waals surface area contributed by atoms with Gasteiger partial charge in [0.05, 0.1) is 0 Å². The molecule has 0 saturated carbocycles. The van der Waals surface area contributed by atoms with Crippen LogP contribution in [0.25, 0.3) is 0 Å². The molecule has 1 fully saturated rings. The van der Waals surface area contributed by atoms with E-state index in [4.69, 9.17) is 0 Å². The summed E-state index contributed by atoms with van der Waals surface area (Å²) in [6.07, 6.45) is 3.60. The number of urea groups is 1. The van der Waals surface area contributed by atoms with Crippen molar-refractivity contribution in [1.82, 2.24) is 9.80 Å². The molecule has 2 amide bonds. The van der Waals surface area contributed by atoms with Gasteiger partial charge in [0.1, 0.15) is 0 Å². The molecule has 0 aromatic heterocycles. The summed E-state index contributed by atoms with van der Waals surface area (Å²) in [4.78, 5) is 16.2. The third-order valence-corrected chi connectivity index (χ3v) is 2.96. The van der Waals surface area contributed by atoms with Crippen LogP contribution in [-0.2, 0) is 0 Å². The molecule has 1 aliphatic heterocycles. The molecule has 1 saturated heterocycles. The molecule has 0 aliphatic carbocycles. The number of carbonyl (C=O) groups excluding carboxylic acids is 1. The number of hydrogen-bond donors (Lipinski definition) is 0. The number of amides is 2. The van der Waals surface area contributed by atoms with Crippen molar-refractivity contribution in [1.29, 1.82) is 0 Å². The van der Waals surface area contributed by atoms with Crippen LogP contribution in [0.3, 0.4) is 0 Å². The highest BCUT2D eigenvalue weighted by molar-refractivity contribution is 5.75. The molecule has 0 aromatic rings. The fourth-order valence-electron chi connectivity index (χ4n) is 2.29. The lowest BCUT2D eigenvalue weighted by Crippen LogP contribution is -2.50. The molecular weight excluding hydrogens is 188 g/mol. The van der Waals surface area contributed by atoms with Crippen molar-refractivity contribution in [2.75, 3.05) is 13.1 Å². The minimum Gasteiger partial charge on any atom is -0.325 e. The van der Waals surface area contributed by atoms with Gasteiger partial charge in [-0.3, -0.25) is 0 Å². The summed E-state index contributed by atoms with van der Waals surface area (Å²) in [7, 11) is 0. The fourth-order valence-corrected chi connectivity index (χ4v) is 2.29. The summed E-state index contributed by atoms with van der Waals surface area (Å²) >= 11 is 0. The molecule has 0 radical (unpaired) electrons. The number of nitrogens with zero attached hydrogens (tertiary/aromatic N) is 2. The van der Waals surface area contributed by atoms with Gasteiger partial charge in [-0.25, -0.2) is 4.79 Å². The van der Waals surface area contributed by atoms with Crippen molar-refractivity contribution in [3.63, 3.8) is 0 Å². The van der Waals surface area contributed by atoms with Gasteiger partial charge in [0, 0.05) is 25.2 Å². The van der Waals surface area contributed by atoms with Crippen LogP contribution in [-0.4, -0.2) is 41.0 Å². The summed E-state index contributed by atoms with van der Waals surface area (Å²) < 4.78 is 0. The average Bonchev–Trinajstić information content (AvgIpc) is 2.18. The number of rotatable bonds is 2. The van der Waals surface area contributed by atoms with E-state index in [0.29, 0.717) is 12.1 Å². The van der Waals surface area contributed by atoms with E-state index in [1.165, 1.54) is 6.42 Å². The zero-order valence-corrected chi connectivity index (χ0v) is 10.5. The lowest BCUT2D eigenvalue weighted by atomic mass is 10.1. The maximum atomic E-state index is 12.2. The second-order valence-electron chi connectivity index (χ2n) is 4.93. The molecule has 0 aromatic carbocycles.